The highest BCUT2D eigenvalue weighted by Crippen LogP contribution is 2.21. The first kappa shape index (κ1) is 19.8. The summed E-state index contributed by atoms with van der Waals surface area (Å²) in [6.07, 6.45) is 0. The van der Waals surface area contributed by atoms with E-state index >= 15 is 0 Å². The highest BCUT2D eigenvalue weighted by Gasteiger charge is 2.14. The molecule has 0 saturated carbocycles. The molecule has 1 N–H and O–H groups in total. The lowest BCUT2D eigenvalue weighted by molar-refractivity contribution is 0.346. The van der Waals surface area contributed by atoms with Gasteiger partial charge >= 0.3 is 0 Å². The van der Waals surface area contributed by atoms with Crippen LogP contribution in [-0.4, -0.2) is 28.0 Å². The summed E-state index contributed by atoms with van der Waals surface area (Å²) in [6.45, 7) is 3.96. The second-order valence-corrected chi connectivity index (χ2v) is 7.23. The molecular formula is C24H23FN4O. The second-order valence-electron chi connectivity index (χ2n) is 7.23. The molecule has 1 heterocycles. The molecule has 0 fully saturated rings. The Morgan fingerprint density at radius 3 is 2.47 bits per heavy atom. The molecule has 0 spiro atoms. The van der Waals surface area contributed by atoms with E-state index in [1.54, 1.807) is 0 Å². The van der Waals surface area contributed by atoms with Gasteiger partial charge in [-0.1, -0.05) is 37.3 Å². The first-order valence-corrected chi connectivity index (χ1v) is 9.87. The Labute approximate surface area is 174 Å². The molecule has 0 saturated heterocycles. The van der Waals surface area contributed by atoms with Gasteiger partial charge in [-0.25, -0.2) is 13.9 Å². The van der Waals surface area contributed by atoms with Gasteiger partial charge < -0.3 is 10.2 Å². The van der Waals surface area contributed by atoms with Crippen molar-refractivity contribution in [1.82, 2.24) is 14.5 Å². The molecule has 4 aromatic rings. The van der Waals surface area contributed by atoms with E-state index < -0.39 is 5.82 Å². The Kier molecular flexibility index (Phi) is 5.59. The average molecular weight is 402 g/mol. The smallest absolute Gasteiger partial charge is 0.267 e. The Morgan fingerprint density at radius 1 is 1.03 bits per heavy atom. The van der Waals surface area contributed by atoms with Crippen molar-refractivity contribution in [3.05, 3.63) is 94.5 Å². The van der Waals surface area contributed by atoms with Crippen LogP contribution in [0.1, 0.15) is 12.5 Å². The van der Waals surface area contributed by atoms with Gasteiger partial charge in [0.15, 0.2) is 0 Å². The third kappa shape index (κ3) is 4.09. The van der Waals surface area contributed by atoms with Gasteiger partial charge in [-0.15, -0.1) is 0 Å². The first-order valence-electron chi connectivity index (χ1n) is 9.87. The number of aromatic nitrogens is 2. The number of nitrogens with zero attached hydrogens (tertiary/aromatic N) is 3. The standard InChI is InChI=1S/C24H23FN4O/c1-3-28(2)16-17-9-12-19(13-10-17)26-24-27-22-14-11-18(25)15-21(22)23(30)29(24)20-7-5-4-6-8-20/h4-15H,3,16H2,1-2H3,(H,26,27). The van der Waals surface area contributed by atoms with Crippen LogP contribution < -0.4 is 10.9 Å². The number of halogens is 1. The molecule has 0 radical (unpaired) electrons. The van der Waals surface area contributed by atoms with Gasteiger partial charge in [0.05, 0.1) is 16.6 Å². The fraction of sp³-hybridized carbons (Fsp3) is 0.167. The lowest BCUT2D eigenvalue weighted by atomic mass is 10.2. The van der Waals surface area contributed by atoms with E-state index in [1.807, 2.05) is 42.5 Å². The van der Waals surface area contributed by atoms with Crippen LogP contribution in [0, 0.1) is 5.82 Å². The molecule has 152 valence electrons. The number of rotatable bonds is 6. The summed E-state index contributed by atoms with van der Waals surface area (Å²) in [6, 6.07) is 21.3. The largest absolute Gasteiger partial charge is 0.325 e. The maximum absolute atomic E-state index is 13.8. The van der Waals surface area contributed by atoms with Gasteiger partial charge in [-0.2, -0.15) is 0 Å². The van der Waals surface area contributed by atoms with Crippen molar-refractivity contribution in [2.24, 2.45) is 0 Å². The summed E-state index contributed by atoms with van der Waals surface area (Å²) in [5.74, 6) is -0.0851. The van der Waals surface area contributed by atoms with Gasteiger partial charge in [-0.05, 0) is 61.6 Å². The maximum Gasteiger partial charge on any atom is 0.267 e. The van der Waals surface area contributed by atoms with Gasteiger partial charge in [-0.3, -0.25) is 4.79 Å². The van der Waals surface area contributed by atoms with E-state index in [9.17, 15) is 9.18 Å². The number of anilines is 2. The summed E-state index contributed by atoms with van der Waals surface area (Å²) in [5.41, 5.74) is 2.79. The van der Waals surface area contributed by atoms with Crippen LogP contribution in [-0.2, 0) is 6.54 Å². The van der Waals surface area contributed by atoms with Gasteiger partial charge in [0.25, 0.3) is 5.56 Å². The van der Waals surface area contributed by atoms with E-state index in [4.69, 9.17) is 0 Å². The Balaban J connectivity index is 1.78. The normalized spacial score (nSPS) is 11.2. The minimum Gasteiger partial charge on any atom is -0.325 e. The predicted molar refractivity (Wildman–Crippen MR) is 119 cm³/mol. The van der Waals surface area contributed by atoms with Crippen LogP contribution in [0.25, 0.3) is 16.6 Å². The average Bonchev–Trinajstić information content (AvgIpc) is 2.76. The van der Waals surface area contributed by atoms with Gasteiger partial charge in [0, 0.05) is 12.2 Å². The topological polar surface area (TPSA) is 50.2 Å². The lowest BCUT2D eigenvalue weighted by Crippen LogP contribution is -2.23. The van der Waals surface area contributed by atoms with Crippen molar-refractivity contribution in [1.29, 1.82) is 0 Å². The fourth-order valence-corrected chi connectivity index (χ4v) is 3.30. The molecule has 0 atom stereocenters. The van der Waals surface area contributed by atoms with E-state index in [0.717, 1.165) is 18.8 Å². The molecule has 0 aliphatic rings. The molecule has 0 aliphatic heterocycles. The summed E-state index contributed by atoms with van der Waals surface area (Å²) in [5, 5.41) is 3.50. The molecule has 0 bridgehead atoms. The van der Waals surface area contributed by atoms with Crippen molar-refractivity contribution in [3.8, 4) is 5.69 Å². The number of benzene rings is 3. The SMILES string of the molecule is CCN(C)Cc1ccc(Nc2nc3ccc(F)cc3c(=O)n2-c2ccccc2)cc1. The van der Waals surface area contributed by atoms with E-state index in [1.165, 1.54) is 28.3 Å². The van der Waals surface area contributed by atoms with Crippen molar-refractivity contribution >= 4 is 22.5 Å². The molecule has 30 heavy (non-hydrogen) atoms. The Hall–Kier alpha value is -3.51. The fourth-order valence-electron chi connectivity index (χ4n) is 3.30. The van der Waals surface area contributed by atoms with E-state index in [-0.39, 0.29) is 10.9 Å². The van der Waals surface area contributed by atoms with Crippen LogP contribution >= 0.6 is 0 Å². The summed E-state index contributed by atoms with van der Waals surface area (Å²) in [4.78, 5) is 20.0. The molecule has 3 aromatic carbocycles. The summed E-state index contributed by atoms with van der Waals surface area (Å²) < 4.78 is 15.2. The van der Waals surface area contributed by atoms with Gasteiger partial charge in [0.1, 0.15) is 5.82 Å². The number of hydrogen-bond donors (Lipinski definition) is 1. The third-order valence-electron chi connectivity index (χ3n) is 5.05. The maximum atomic E-state index is 13.8. The second kappa shape index (κ2) is 8.47. The highest BCUT2D eigenvalue weighted by molar-refractivity contribution is 5.80. The van der Waals surface area contributed by atoms with Crippen molar-refractivity contribution in [2.45, 2.75) is 13.5 Å². The Bertz CT molecular complexity index is 1220. The van der Waals surface area contributed by atoms with Crippen molar-refractivity contribution in [3.63, 3.8) is 0 Å². The first-order chi connectivity index (χ1) is 14.5. The van der Waals surface area contributed by atoms with E-state index in [0.29, 0.717) is 17.2 Å². The van der Waals surface area contributed by atoms with Crippen molar-refractivity contribution < 1.29 is 4.39 Å². The molecule has 0 unspecified atom stereocenters. The molecule has 4 rings (SSSR count). The van der Waals surface area contributed by atoms with Crippen LogP contribution in [0.2, 0.25) is 0 Å². The number of nitrogens with one attached hydrogen (secondary N) is 1. The van der Waals surface area contributed by atoms with Crippen LogP contribution in [0.4, 0.5) is 16.0 Å². The molecule has 0 aliphatic carbocycles. The minimum atomic E-state index is -0.464. The monoisotopic (exact) mass is 402 g/mol. The number of hydrogen-bond acceptors (Lipinski definition) is 4. The van der Waals surface area contributed by atoms with Crippen LogP contribution in [0.3, 0.4) is 0 Å². The quantitative estimate of drug-likeness (QED) is 0.507. The molecule has 6 heteroatoms. The van der Waals surface area contributed by atoms with Crippen LogP contribution in [0.15, 0.2) is 77.6 Å². The molecule has 5 nitrogen and oxygen atoms in total. The zero-order valence-corrected chi connectivity index (χ0v) is 17.0. The lowest BCUT2D eigenvalue weighted by Gasteiger charge is -2.16. The zero-order chi connectivity index (χ0) is 21.1. The predicted octanol–water partition coefficient (Wildman–Crippen LogP) is 4.72. The molecular weight excluding hydrogens is 379 g/mol. The van der Waals surface area contributed by atoms with Crippen LogP contribution in [0.5, 0.6) is 0 Å². The van der Waals surface area contributed by atoms with E-state index in [2.05, 4.69) is 41.3 Å². The molecule has 1 aromatic heterocycles. The zero-order valence-electron chi connectivity index (χ0n) is 17.0. The minimum absolute atomic E-state index is 0.238. The molecule has 0 amide bonds. The highest BCUT2D eigenvalue weighted by atomic mass is 19.1. The third-order valence-corrected chi connectivity index (χ3v) is 5.05. The summed E-state index contributed by atoms with van der Waals surface area (Å²) in [7, 11) is 2.08. The Morgan fingerprint density at radius 2 is 1.77 bits per heavy atom. The van der Waals surface area contributed by atoms with Gasteiger partial charge in [0.2, 0.25) is 5.95 Å². The summed E-state index contributed by atoms with van der Waals surface area (Å²) >= 11 is 0. The number of para-hydroxylation sites is 1. The van der Waals surface area contributed by atoms with Crippen molar-refractivity contribution in [2.75, 3.05) is 18.9 Å². The number of fused-ring (bicyclic) bond motifs is 1.